The minimum atomic E-state index is -0.711. The highest BCUT2D eigenvalue weighted by molar-refractivity contribution is 5.64. The number of ether oxygens (including phenoxy) is 1. The molecule has 0 aliphatic heterocycles. The molecule has 0 bridgehead atoms. The number of hydrogen-bond donors (Lipinski definition) is 1. The molecule has 0 aromatic heterocycles. The number of carbonyl (C=O) groups is 1. The summed E-state index contributed by atoms with van der Waals surface area (Å²) in [7, 11) is 6.00. The molecule has 0 aliphatic rings. The lowest BCUT2D eigenvalue weighted by molar-refractivity contribution is 0.163. The first-order chi connectivity index (χ1) is 4.50. The van der Waals surface area contributed by atoms with Gasteiger partial charge in [-0.25, -0.2) is 4.79 Å². The molecule has 1 amide bonds. The summed E-state index contributed by atoms with van der Waals surface area (Å²) in [5.41, 5.74) is 4.54. The Morgan fingerprint density at radius 2 is 1.80 bits per heavy atom. The van der Waals surface area contributed by atoms with Gasteiger partial charge in [0.2, 0.25) is 0 Å². The van der Waals surface area contributed by atoms with Gasteiger partial charge in [-0.1, -0.05) is 0 Å². The zero-order valence-corrected chi connectivity index (χ0v) is 7.05. The van der Waals surface area contributed by atoms with Gasteiger partial charge in [0.15, 0.2) is 0 Å². The predicted octanol–water partition coefficient (Wildman–Crippen LogP) is 0.279. The molecule has 0 atom stereocenters. The molecular formula is C6H16N2O2. The SMILES string of the molecule is CCOC(N)=O.CN(C)C. The van der Waals surface area contributed by atoms with E-state index in [4.69, 9.17) is 0 Å². The molecule has 0 spiro atoms. The normalized spacial score (nSPS) is 8.10. The van der Waals surface area contributed by atoms with Gasteiger partial charge in [-0.2, -0.15) is 0 Å². The van der Waals surface area contributed by atoms with Gasteiger partial charge in [0.1, 0.15) is 0 Å². The van der Waals surface area contributed by atoms with E-state index in [1.807, 2.05) is 26.0 Å². The summed E-state index contributed by atoms with van der Waals surface area (Å²) in [5.74, 6) is 0. The Balaban J connectivity index is 0. The van der Waals surface area contributed by atoms with Crippen molar-refractivity contribution in [1.29, 1.82) is 0 Å². The summed E-state index contributed by atoms with van der Waals surface area (Å²) in [5, 5.41) is 0. The maximum absolute atomic E-state index is 9.60. The van der Waals surface area contributed by atoms with E-state index in [9.17, 15) is 4.79 Å². The zero-order valence-electron chi connectivity index (χ0n) is 7.05. The van der Waals surface area contributed by atoms with Gasteiger partial charge in [0.25, 0.3) is 0 Å². The third-order valence-corrected chi connectivity index (χ3v) is 0.287. The van der Waals surface area contributed by atoms with Crippen LogP contribution in [0.25, 0.3) is 0 Å². The first-order valence-electron chi connectivity index (χ1n) is 3.03. The maximum Gasteiger partial charge on any atom is 0.404 e. The molecule has 0 unspecified atom stereocenters. The average molecular weight is 148 g/mol. The lowest BCUT2D eigenvalue weighted by Crippen LogP contribution is -2.11. The second kappa shape index (κ2) is 8.23. The molecule has 0 aromatic rings. The van der Waals surface area contributed by atoms with Crippen molar-refractivity contribution < 1.29 is 9.53 Å². The second-order valence-corrected chi connectivity index (χ2v) is 2.09. The Kier molecular flexibility index (Phi) is 9.84. The number of nitrogens with two attached hydrogens (primary N) is 1. The monoisotopic (exact) mass is 148 g/mol. The van der Waals surface area contributed by atoms with Crippen molar-refractivity contribution in [3.05, 3.63) is 0 Å². The molecule has 0 heterocycles. The number of carbonyl (C=O) groups excluding carboxylic acids is 1. The molecule has 62 valence electrons. The molecule has 4 nitrogen and oxygen atoms in total. The first kappa shape index (κ1) is 12.0. The van der Waals surface area contributed by atoms with Crippen LogP contribution in [-0.4, -0.2) is 38.7 Å². The summed E-state index contributed by atoms with van der Waals surface area (Å²) in [6.45, 7) is 2.06. The van der Waals surface area contributed by atoms with Crippen molar-refractivity contribution in [2.75, 3.05) is 27.7 Å². The van der Waals surface area contributed by atoms with E-state index < -0.39 is 6.09 Å². The van der Waals surface area contributed by atoms with E-state index in [1.165, 1.54) is 0 Å². The van der Waals surface area contributed by atoms with Gasteiger partial charge in [-0.05, 0) is 28.1 Å². The fraction of sp³-hybridized carbons (Fsp3) is 0.833. The minimum Gasteiger partial charge on any atom is -0.450 e. The van der Waals surface area contributed by atoms with Gasteiger partial charge < -0.3 is 15.4 Å². The van der Waals surface area contributed by atoms with Crippen LogP contribution in [0.1, 0.15) is 6.92 Å². The Bertz CT molecular complexity index is 81.1. The molecule has 0 aliphatic carbocycles. The van der Waals surface area contributed by atoms with Gasteiger partial charge in [0, 0.05) is 0 Å². The summed E-state index contributed by atoms with van der Waals surface area (Å²) in [6, 6.07) is 0. The second-order valence-electron chi connectivity index (χ2n) is 2.09. The van der Waals surface area contributed by atoms with E-state index in [0.29, 0.717) is 6.61 Å². The molecule has 0 fully saturated rings. The minimum absolute atomic E-state index is 0.356. The van der Waals surface area contributed by atoms with Crippen LogP contribution in [0.5, 0.6) is 0 Å². The number of rotatable bonds is 1. The summed E-state index contributed by atoms with van der Waals surface area (Å²) in [6.07, 6.45) is -0.711. The van der Waals surface area contributed by atoms with E-state index in [1.54, 1.807) is 6.92 Å². The first-order valence-corrected chi connectivity index (χ1v) is 3.03. The van der Waals surface area contributed by atoms with Crippen molar-refractivity contribution in [2.45, 2.75) is 6.92 Å². The number of primary amides is 1. The molecular weight excluding hydrogens is 132 g/mol. The van der Waals surface area contributed by atoms with Crippen LogP contribution >= 0.6 is 0 Å². The van der Waals surface area contributed by atoms with Gasteiger partial charge in [0.05, 0.1) is 6.61 Å². The van der Waals surface area contributed by atoms with Crippen LogP contribution in [0.15, 0.2) is 0 Å². The van der Waals surface area contributed by atoms with E-state index in [-0.39, 0.29) is 0 Å². The molecule has 2 N–H and O–H groups in total. The fourth-order valence-electron chi connectivity index (χ4n) is 0.142. The lowest BCUT2D eigenvalue weighted by atomic mass is 10.9. The Hall–Kier alpha value is -0.770. The molecule has 0 rings (SSSR count). The van der Waals surface area contributed by atoms with Crippen LogP contribution in [0.3, 0.4) is 0 Å². The highest BCUT2D eigenvalue weighted by Crippen LogP contribution is 1.66. The maximum atomic E-state index is 9.60. The fourth-order valence-corrected chi connectivity index (χ4v) is 0.142. The quantitative estimate of drug-likeness (QED) is 0.581. The average Bonchev–Trinajstić information content (AvgIpc) is 1.62. The summed E-state index contributed by atoms with van der Waals surface area (Å²) in [4.78, 5) is 11.6. The van der Waals surface area contributed by atoms with Crippen molar-refractivity contribution >= 4 is 6.09 Å². The molecule has 0 saturated carbocycles. The third kappa shape index (κ3) is 56.4. The highest BCUT2D eigenvalue weighted by Gasteiger charge is 1.82. The Morgan fingerprint density at radius 1 is 1.50 bits per heavy atom. The standard InChI is InChI=1S/C3H7NO2.C3H9N/c1-2-6-3(4)5;1-4(2)3/h2H2,1H3,(H2,4,5);1-3H3. The topological polar surface area (TPSA) is 55.6 Å². The van der Waals surface area contributed by atoms with Gasteiger partial charge in [-0.3, -0.25) is 0 Å². The lowest BCUT2D eigenvalue weighted by Gasteiger charge is -1.90. The summed E-state index contributed by atoms with van der Waals surface area (Å²) >= 11 is 0. The third-order valence-electron chi connectivity index (χ3n) is 0.287. The largest absolute Gasteiger partial charge is 0.450 e. The van der Waals surface area contributed by atoms with E-state index >= 15 is 0 Å². The smallest absolute Gasteiger partial charge is 0.404 e. The van der Waals surface area contributed by atoms with Crippen LogP contribution in [0.2, 0.25) is 0 Å². The predicted molar refractivity (Wildman–Crippen MR) is 40.8 cm³/mol. The van der Waals surface area contributed by atoms with Crippen molar-refractivity contribution in [3.63, 3.8) is 0 Å². The molecule has 4 heteroatoms. The van der Waals surface area contributed by atoms with Crippen LogP contribution in [-0.2, 0) is 4.74 Å². The number of amides is 1. The number of nitrogens with zero attached hydrogens (tertiary/aromatic N) is 1. The Morgan fingerprint density at radius 3 is 1.80 bits per heavy atom. The summed E-state index contributed by atoms with van der Waals surface area (Å²) < 4.78 is 4.18. The highest BCUT2D eigenvalue weighted by atomic mass is 16.5. The van der Waals surface area contributed by atoms with Gasteiger partial charge >= 0.3 is 6.09 Å². The Labute approximate surface area is 61.9 Å². The van der Waals surface area contributed by atoms with E-state index in [0.717, 1.165) is 0 Å². The van der Waals surface area contributed by atoms with Crippen LogP contribution in [0.4, 0.5) is 4.79 Å². The van der Waals surface area contributed by atoms with Crippen LogP contribution < -0.4 is 5.73 Å². The molecule has 0 radical (unpaired) electrons. The molecule has 0 aromatic carbocycles. The van der Waals surface area contributed by atoms with Crippen LogP contribution in [0, 0.1) is 0 Å². The van der Waals surface area contributed by atoms with Crippen molar-refractivity contribution in [1.82, 2.24) is 4.90 Å². The number of hydrogen-bond acceptors (Lipinski definition) is 3. The van der Waals surface area contributed by atoms with Crippen molar-refractivity contribution in [3.8, 4) is 0 Å². The molecule has 10 heavy (non-hydrogen) atoms. The van der Waals surface area contributed by atoms with Gasteiger partial charge in [-0.15, -0.1) is 0 Å². The zero-order chi connectivity index (χ0) is 8.57. The van der Waals surface area contributed by atoms with Crippen molar-refractivity contribution in [2.24, 2.45) is 5.73 Å². The molecule has 0 saturated heterocycles. The van der Waals surface area contributed by atoms with E-state index in [2.05, 4.69) is 10.5 Å².